The number of rotatable bonds is 3. The Morgan fingerprint density at radius 1 is 1.60 bits per heavy atom. The number of thioether (sulfide) groups is 1. The molecule has 2 heterocycles. The largest absolute Gasteiger partial charge is 0.491 e. The van der Waals surface area contributed by atoms with Crippen LogP contribution in [0.4, 0.5) is 0 Å². The Kier molecular flexibility index (Phi) is 3.02. The molecule has 0 amide bonds. The quantitative estimate of drug-likeness (QED) is 0.840. The van der Waals surface area contributed by atoms with Crippen molar-refractivity contribution in [3.8, 4) is 5.75 Å². The molecule has 1 N–H and O–H groups in total. The minimum Gasteiger partial charge on any atom is -0.491 e. The zero-order valence-corrected chi connectivity index (χ0v) is 10.1. The third-order valence-corrected chi connectivity index (χ3v) is 3.75. The number of aromatic amines is 1. The fraction of sp³-hybridized carbons (Fsp3) is 0.300. The maximum atomic E-state index is 11.9. The number of hydrogen-bond acceptors (Lipinski definition) is 4. The van der Waals surface area contributed by atoms with Crippen molar-refractivity contribution in [3.63, 3.8) is 0 Å². The molecule has 5 heteroatoms. The lowest BCUT2D eigenvalue weighted by atomic mass is 10.4. The third kappa shape index (κ3) is 1.77. The zero-order chi connectivity index (χ0) is 10.8. The van der Waals surface area contributed by atoms with Gasteiger partial charge in [0, 0.05) is 11.6 Å². The smallest absolute Gasteiger partial charge is 0.212 e. The van der Waals surface area contributed by atoms with Crippen LogP contribution in [-0.2, 0) is 0 Å². The summed E-state index contributed by atoms with van der Waals surface area (Å²) in [6, 6.07) is 0. The average Bonchev–Trinajstić information content (AvgIpc) is 2.64. The first kappa shape index (κ1) is 10.6. The van der Waals surface area contributed by atoms with Crippen LogP contribution in [0.25, 0.3) is 10.2 Å². The van der Waals surface area contributed by atoms with Crippen LogP contribution in [0.1, 0.15) is 6.92 Å². The molecule has 0 fully saturated rings. The molecular weight excluding hydrogens is 230 g/mol. The van der Waals surface area contributed by atoms with Gasteiger partial charge < -0.3 is 9.72 Å². The minimum absolute atomic E-state index is 0.0900. The first-order valence-corrected chi connectivity index (χ1v) is 6.68. The first-order valence-electron chi connectivity index (χ1n) is 4.57. The molecule has 0 spiro atoms. The lowest BCUT2D eigenvalue weighted by Gasteiger charge is -2.00. The summed E-state index contributed by atoms with van der Waals surface area (Å²) in [6.45, 7) is 2.54. The molecule has 0 aliphatic heterocycles. The van der Waals surface area contributed by atoms with Crippen LogP contribution >= 0.6 is 23.1 Å². The van der Waals surface area contributed by atoms with E-state index in [0.717, 1.165) is 20.9 Å². The van der Waals surface area contributed by atoms with E-state index < -0.39 is 0 Å². The van der Waals surface area contributed by atoms with Crippen molar-refractivity contribution in [2.75, 3.05) is 12.9 Å². The van der Waals surface area contributed by atoms with Gasteiger partial charge in [0.1, 0.15) is 10.2 Å². The second-order valence-corrected chi connectivity index (χ2v) is 4.65. The molecule has 0 atom stereocenters. The number of fused-ring (bicyclic) bond motifs is 1. The summed E-state index contributed by atoms with van der Waals surface area (Å²) in [7, 11) is 0. The fourth-order valence-electron chi connectivity index (χ4n) is 1.37. The van der Waals surface area contributed by atoms with Gasteiger partial charge in [0.05, 0.1) is 11.5 Å². The van der Waals surface area contributed by atoms with Crippen LogP contribution in [0.15, 0.2) is 21.3 Å². The normalized spacial score (nSPS) is 10.8. The van der Waals surface area contributed by atoms with Crippen molar-refractivity contribution in [2.24, 2.45) is 0 Å². The average molecular weight is 241 g/mol. The van der Waals surface area contributed by atoms with Crippen molar-refractivity contribution < 1.29 is 4.74 Å². The first-order chi connectivity index (χ1) is 7.27. The zero-order valence-electron chi connectivity index (χ0n) is 8.49. The Balaban J connectivity index is 2.65. The lowest BCUT2D eigenvalue weighted by molar-refractivity contribution is 0.345. The van der Waals surface area contributed by atoms with Gasteiger partial charge in [-0.15, -0.1) is 23.1 Å². The number of pyridine rings is 1. The Morgan fingerprint density at radius 2 is 2.40 bits per heavy atom. The molecule has 0 saturated heterocycles. The Bertz CT molecular complexity index is 530. The summed E-state index contributed by atoms with van der Waals surface area (Å²) < 4.78 is 6.16. The van der Waals surface area contributed by atoms with Gasteiger partial charge in [0.25, 0.3) is 0 Å². The van der Waals surface area contributed by atoms with Gasteiger partial charge in [-0.3, -0.25) is 4.79 Å². The Labute approximate surface area is 95.5 Å². The van der Waals surface area contributed by atoms with Gasteiger partial charge in [-0.1, -0.05) is 0 Å². The summed E-state index contributed by atoms with van der Waals surface area (Å²) >= 11 is 2.88. The molecule has 15 heavy (non-hydrogen) atoms. The van der Waals surface area contributed by atoms with Gasteiger partial charge in [0.2, 0.25) is 5.43 Å². The molecule has 0 saturated carbocycles. The molecule has 0 aliphatic carbocycles. The van der Waals surface area contributed by atoms with Crippen LogP contribution in [0.5, 0.6) is 5.75 Å². The molecule has 0 aliphatic rings. The van der Waals surface area contributed by atoms with Crippen molar-refractivity contribution >= 4 is 33.3 Å². The third-order valence-electron chi connectivity index (χ3n) is 2.05. The molecule has 3 nitrogen and oxygen atoms in total. The predicted molar refractivity (Wildman–Crippen MR) is 65.4 cm³/mol. The van der Waals surface area contributed by atoms with E-state index >= 15 is 0 Å². The standard InChI is InChI=1S/C10H11NO2S2/c1-3-13-6-5-15-10-8(6)11-4-7(14-2)9(10)12/h4-5H,3H2,1-2H3,(H,11,12). The number of aromatic nitrogens is 1. The topological polar surface area (TPSA) is 42.1 Å². The van der Waals surface area contributed by atoms with E-state index in [1.165, 1.54) is 23.1 Å². The second-order valence-electron chi connectivity index (χ2n) is 2.92. The van der Waals surface area contributed by atoms with E-state index in [1.54, 1.807) is 6.20 Å². The summed E-state index contributed by atoms with van der Waals surface area (Å²) in [4.78, 5) is 15.7. The van der Waals surface area contributed by atoms with E-state index in [1.807, 2.05) is 18.6 Å². The molecule has 0 unspecified atom stereocenters. The van der Waals surface area contributed by atoms with E-state index in [2.05, 4.69) is 4.98 Å². The van der Waals surface area contributed by atoms with Crippen molar-refractivity contribution in [3.05, 3.63) is 21.8 Å². The number of H-pyrrole nitrogens is 1. The van der Waals surface area contributed by atoms with Gasteiger partial charge >= 0.3 is 0 Å². The monoisotopic (exact) mass is 241 g/mol. The number of hydrogen-bond donors (Lipinski definition) is 1. The maximum Gasteiger partial charge on any atom is 0.212 e. The maximum absolute atomic E-state index is 11.9. The Morgan fingerprint density at radius 3 is 3.07 bits per heavy atom. The van der Waals surface area contributed by atoms with Crippen LogP contribution in [-0.4, -0.2) is 17.8 Å². The molecule has 0 aromatic carbocycles. The predicted octanol–water partition coefficient (Wildman–Crippen LogP) is 2.71. The van der Waals surface area contributed by atoms with Crippen LogP contribution < -0.4 is 10.2 Å². The van der Waals surface area contributed by atoms with Gasteiger partial charge in [-0.25, -0.2) is 0 Å². The molecule has 0 bridgehead atoms. The van der Waals surface area contributed by atoms with Gasteiger partial charge in [-0.05, 0) is 13.2 Å². The van der Waals surface area contributed by atoms with Crippen molar-refractivity contribution in [1.82, 2.24) is 4.98 Å². The number of nitrogens with one attached hydrogen (secondary N) is 1. The van der Waals surface area contributed by atoms with Crippen LogP contribution in [0.2, 0.25) is 0 Å². The highest BCUT2D eigenvalue weighted by Gasteiger charge is 2.10. The number of thiophene rings is 1. The van der Waals surface area contributed by atoms with Crippen LogP contribution in [0.3, 0.4) is 0 Å². The van der Waals surface area contributed by atoms with E-state index in [-0.39, 0.29) is 5.43 Å². The number of ether oxygens (including phenoxy) is 1. The SMILES string of the molecule is CCOc1csc2c(=O)c(SC)c[nH]c12. The summed E-state index contributed by atoms with van der Waals surface area (Å²) in [5.41, 5.74) is 0.900. The fourth-order valence-corrected chi connectivity index (χ4v) is 2.81. The molecule has 2 rings (SSSR count). The summed E-state index contributed by atoms with van der Waals surface area (Å²) in [6.07, 6.45) is 3.64. The van der Waals surface area contributed by atoms with Crippen molar-refractivity contribution in [2.45, 2.75) is 11.8 Å². The van der Waals surface area contributed by atoms with Gasteiger partial charge in [-0.2, -0.15) is 0 Å². The second kappa shape index (κ2) is 4.28. The molecule has 2 aromatic heterocycles. The van der Waals surface area contributed by atoms with Crippen molar-refractivity contribution in [1.29, 1.82) is 0 Å². The van der Waals surface area contributed by atoms with E-state index in [4.69, 9.17) is 4.74 Å². The minimum atomic E-state index is 0.0900. The molecular formula is C10H11NO2S2. The van der Waals surface area contributed by atoms with E-state index in [0.29, 0.717) is 6.61 Å². The molecule has 2 aromatic rings. The van der Waals surface area contributed by atoms with Gasteiger partial charge in [0.15, 0.2) is 5.75 Å². The van der Waals surface area contributed by atoms with Crippen LogP contribution in [0, 0.1) is 0 Å². The van der Waals surface area contributed by atoms with E-state index in [9.17, 15) is 4.79 Å². The summed E-state index contributed by atoms with van der Waals surface area (Å²) in [5, 5.41) is 1.87. The molecule has 80 valence electrons. The molecule has 0 radical (unpaired) electrons. The summed E-state index contributed by atoms with van der Waals surface area (Å²) in [5.74, 6) is 0.766. The lowest BCUT2D eigenvalue weighted by Crippen LogP contribution is -2.03. The highest BCUT2D eigenvalue weighted by molar-refractivity contribution is 7.98. The highest BCUT2D eigenvalue weighted by atomic mass is 32.2. The Hall–Kier alpha value is -0.940. The highest BCUT2D eigenvalue weighted by Crippen LogP contribution is 2.29.